The van der Waals surface area contributed by atoms with Gasteiger partial charge < -0.3 is 30.6 Å². The molecule has 3 atom stereocenters. The first kappa shape index (κ1) is 41.5. The highest BCUT2D eigenvalue weighted by Gasteiger charge is 2.28. The van der Waals surface area contributed by atoms with Crippen molar-refractivity contribution >= 4 is 40.7 Å². The molecule has 4 N–H and O–H groups in total. The molecule has 57 heavy (non-hydrogen) atoms. The lowest BCUT2D eigenvalue weighted by molar-refractivity contribution is -0.124. The van der Waals surface area contributed by atoms with Gasteiger partial charge in [-0.15, -0.1) is 22.7 Å². The summed E-state index contributed by atoms with van der Waals surface area (Å²) in [5, 5.41) is 12.5. The first-order valence-electron chi connectivity index (χ1n) is 19.6. The topological polar surface area (TPSA) is 157 Å². The van der Waals surface area contributed by atoms with E-state index in [9.17, 15) is 14.4 Å². The molecule has 1 aliphatic heterocycles. The van der Waals surface area contributed by atoms with E-state index in [-0.39, 0.29) is 30.6 Å². The van der Waals surface area contributed by atoms with Crippen LogP contribution in [0.1, 0.15) is 77.1 Å². The third kappa shape index (κ3) is 13.0. The molecular formula is C42H53N9O4S2. The average molecular weight is 812 g/mol. The van der Waals surface area contributed by atoms with Gasteiger partial charge in [0.2, 0.25) is 5.91 Å². The van der Waals surface area contributed by atoms with Crippen LogP contribution in [0.4, 0.5) is 9.59 Å². The standard InChI is InChI=1S/C42H53N9O4S2/c1-29(2)40-47-34(26-56-40)23-50(3)41(53)49-37(17-19-51-18-16-36-38(24-51)45-27-44-36)39(52)46-32(20-30-10-6-4-7-11-30)14-15-33(21-31-12-8-5-9-13-31)48-42(54)55-25-35-22-43-28-57-35/h4-13,22,26-29,32-33,37H,14-21,23-25H2,1-3H3,(H,44,45)(H,46,52)(H,48,54)(H,49,53). The van der Waals surface area contributed by atoms with Crippen LogP contribution in [0.3, 0.4) is 0 Å². The highest BCUT2D eigenvalue weighted by Crippen LogP contribution is 2.21. The number of aromatic amines is 1. The van der Waals surface area contributed by atoms with Gasteiger partial charge in [0.05, 0.1) is 45.3 Å². The molecule has 0 spiro atoms. The number of urea groups is 1. The van der Waals surface area contributed by atoms with Crippen molar-refractivity contribution in [2.24, 2.45) is 0 Å². The minimum Gasteiger partial charge on any atom is -0.444 e. The maximum atomic E-state index is 14.4. The van der Waals surface area contributed by atoms with Crippen LogP contribution in [-0.2, 0) is 48.5 Å². The van der Waals surface area contributed by atoms with Gasteiger partial charge in [-0.1, -0.05) is 74.5 Å². The van der Waals surface area contributed by atoms with E-state index in [1.165, 1.54) is 11.3 Å². The molecule has 0 radical (unpaired) electrons. The Labute approximate surface area is 342 Å². The van der Waals surface area contributed by atoms with Crippen molar-refractivity contribution in [3.05, 3.63) is 122 Å². The molecule has 0 fully saturated rings. The predicted molar refractivity (Wildman–Crippen MR) is 223 cm³/mol. The van der Waals surface area contributed by atoms with Gasteiger partial charge >= 0.3 is 12.1 Å². The van der Waals surface area contributed by atoms with E-state index in [2.05, 4.69) is 49.6 Å². The largest absolute Gasteiger partial charge is 0.444 e. The van der Waals surface area contributed by atoms with E-state index in [0.717, 1.165) is 51.1 Å². The fourth-order valence-electron chi connectivity index (χ4n) is 6.88. The predicted octanol–water partition coefficient (Wildman–Crippen LogP) is 6.45. The Hall–Kier alpha value is -5.12. The van der Waals surface area contributed by atoms with Crippen molar-refractivity contribution < 1.29 is 19.1 Å². The molecule has 0 bridgehead atoms. The summed E-state index contributed by atoms with van der Waals surface area (Å²) in [5.41, 5.74) is 6.85. The Morgan fingerprint density at radius 3 is 2.28 bits per heavy atom. The Morgan fingerprint density at radius 2 is 1.63 bits per heavy atom. The van der Waals surface area contributed by atoms with Crippen LogP contribution in [0.15, 0.2) is 84.1 Å². The number of fused-ring (bicyclic) bond motifs is 1. The summed E-state index contributed by atoms with van der Waals surface area (Å²) in [6.45, 7) is 6.81. The monoisotopic (exact) mass is 811 g/mol. The molecule has 0 aliphatic carbocycles. The highest BCUT2D eigenvalue weighted by molar-refractivity contribution is 7.09. The first-order chi connectivity index (χ1) is 27.7. The number of hydrogen-bond acceptors (Lipinski definition) is 10. The van der Waals surface area contributed by atoms with Crippen molar-refractivity contribution in [2.75, 3.05) is 20.1 Å². The lowest BCUT2D eigenvalue weighted by Gasteiger charge is -2.30. The second kappa shape index (κ2) is 20.9. The number of nitrogens with zero attached hydrogens (tertiary/aromatic N) is 5. The summed E-state index contributed by atoms with van der Waals surface area (Å²) >= 11 is 3.02. The lowest BCUT2D eigenvalue weighted by atomic mass is 9.95. The average Bonchev–Trinajstić information content (AvgIpc) is 4.01. The Balaban J connectivity index is 1.15. The Bertz CT molecular complexity index is 1990. The van der Waals surface area contributed by atoms with Crippen LogP contribution in [-0.4, -0.2) is 86.0 Å². The zero-order valence-corrected chi connectivity index (χ0v) is 34.5. The third-order valence-electron chi connectivity index (χ3n) is 10.0. The van der Waals surface area contributed by atoms with Crippen molar-refractivity contribution in [1.29, 1.82) is 0 Å². The zero-order valence-electron chi connectivity index (χ0n) is 32.9. The second-order valence-corrected chi connectivity index (χ2v) is 16.7. The summed E-state index contributed by atoms with van der Waals surface area (Å²) in [6.07, 6.45) is 6.49. The Morgan fingerprint density at radius 1 is 0.930 bits per heavy atom. The van der Waals surface area contributed by atoms with Crippen molar-refractivity contribution in [1.82, 2.24) is 45.7 Å². The molecular weight excluding hydrogens is 759 g/mol. The second-order valence-electron chi connectivity index (χ2n) is 14.9. The molecule has 4 amide bonds. The van der Waals surface area contributed by atoms with Crippen LogP contribution >= 0.6 is 22.7 Å². The van der Waals surface area contributed by atoms with Crippen LogP contribution < -0.4 is 16.0 Å². The summed E-state index contributed by atoms with van der Waals surface area (Å²) in [4.78, 5) is 62.3. The first-order valence-corrected chi connectivity index (χ1v) is 21.3. The highest BCUT2D eigenvalue weighted by atomic mass is 32.1. The number of nitrogens with one attached hydrogen (secondary N) is 4. The quantitative estimate of drug-likeness (QED) is 0.0742. The molecule has 2 aromatic carbocycles. The molecule has 302 valence electrons. The van der Waals surface area contributed by atoms with E-state index in [0.29, 0.717) is 57.7 Å². The smallest absolute Gasteiger partial charge is 0.407 e. The lowest BCUT2D eigenvalue weighted by Crippen LogP contribution is -2.53. The number of aromatic nitrogens is 4. The van der Waals surface area contributed by atoms with Gasteiger partial charge in [-0.05, 0) is 43.2 Å². The number of H-pyrrole nitrogens is 1. The van der Waals surface area contributed by atoms with E-state index in [1.54, 1.807) is 41.3 Å². The number of alkyl carbamates (subject to hydrolysis) is 1. The van der Waals surface area contributed by atoms with Crippen LogP contribution in [0.2, 0.25) is 0 Å². The van der Waals surface area contributed by atoms with Crippen molar-refractivity contribution in [2.45, 2.75) is 96.1 Å². The van der Waals surface area contributed by atoms with Gasteiger partial charge in [0.1, 0.15) is 12.6 Å². The SMILES string of the molecule is CC(C)c1nc(CN(C)C(=O)NC(CCN2CCc3nc[nH]c3C2)C(=O)NC(CCC(Cc2ccccc2)NC(=O)OCc2cncs2)Cc2ccccc2)cs1. The van der Waals surface area contributed by atoms with Crippen LogP contribution in [0.25, 0.3) is 0 Å². The van der Waals surface area contributed by atoms with E-state index >= 15 is 0 Å². The van der Waals surface area contributed by atoms with Gasteiger partial charge in [-0.25, -0.2) is 19.6 Å². The molecule has 6 rings (SSSR count). The Kier molecular flexibility index (Phi) is 15.2. The van der Waals surface area contributed by atoms with Crippen molar-refractivity contribution in [3.63, 3.8) is 0 Å². The zero-order chi connectivity index (χ0) is 40.0. The molecule has 15 heteroatoms. The van der Waals surface area contributed by atoms with E-state index in [1.807, 2.05) is 66.0 Å². The number of carbonyl (C=O) groups is 3. The minimum atomic E-state index is -0.789. The number of hydrogen-bond donors (Lipinski definition) is 4. The summed E-state index contributed by atoms with van der Waals surface area (Å²) in [6, 6.07) is 18.4. The molecule has 4 heterocycles. The fourth-order valence-corrected chi connectivity index (χ4v) is 8.22. The van der Waals surface area contributed by atoms with Gasteiger partial charge in [0, 0.05) is 62.7 Å². The normalized spacial score (nSPS) is 14.3. The molecule has 3 aromatic heterocycles. The van der Waals surface area contributed by atoms with Crippen LogP contribution in [0, 0.1) is 0 Å². The summed E-state index contributed by atoms with van der Waals surface area (Å²) in [5.74, 6) is 0.0593. The molecule has 1 aliphatic rings. The van der Waals surface area contributed by atoms with Crippen molar-refractivity contribution in [3.8, 4) is 0 Å². The fraction of sp³-hybridized carbons (Fsp3) is 0.429. The number of ether oxygens (including phenoxy) is 1. The minimum absolute atomic E-state index is 0.146. The maximum Gasteiger partial charge on any atom is 0.407 e. The van der Waals surface area contributed by atoms with E-state index < -0.39 is 12.1 Å². The number of thiazole rings is 2. The summed E-state index contributed by atoms with van der Waals surface area (Å²) < 4.78 is 5.54. The molecule has 0 saturated heterocycles. The number of amides is 4. The summed E-state index contributed by atoms with van der Waals surface area (Å²) in [7, 11) is 1.73. The number of benzene rings is 2. The van der Waals surface area contributed by atoms with Gasteiger partial charge in [-0.2, -0.15) is 0 Å². The van der Waals surface area contributed by atoms with Crippen LogP contribution in [0.5, 0.6) is 0 Å². The third-order valence-corrected chi connectivity index (χ3v) is 12.0. The molecule has 5 aromatic rings. The van der Waals surface area contributed by atoms with Gasteiger partial charge in [0.15, 0.2) is 0 Å². The van der Waals surface area contributed by atoms with E-state index in [4.69, 9.17) is 9.72 Å². The van der Waals surface area contributed by atoms with Gasteiger partial charge in [0.25, 0.3) is 0 Å². The van der Waals surface area contributed by atoms with Gasteiger partial charge in [-0.3, -0.25) is 14.7 Å². The number of carbonyl (C=O) groups excluding carboxylic acids is 3. The molecule has 0 saturated carbocycles. The maximum absolute atomic E-state index is 14.4. The molecule has 3 unspecified atom stereocenters. The number of imidazole rings is 1. The molecule has 13 nitrogen and oxygen atoms in total. The number of rotatable bonds is 19.